The van der Waals surface area contributed by atoms with Crippen LogP contribution in [0.5, 0.6) is 0 Å². The molecular formula is C15H26N4O2S2. The van der Waals surface area contributed by atoms with Crippen molar-refractivity contribution in [3.8, 4) is 0 Å². The molecule has 8 heteroatoms. The number of hydrogen-bond acceptors (Lipinski definition) is 5. The lowest BCUT2D eigenvalue weighted by Gasteiger charge is -2.17. The summed E-state index contributed by atoms with van der Waals surface area (Å²) in [6, 6.07) is 0. The van der Waals surface area contributed by atoms with E-state index in [0.717, 1.165) is 40.9 Å². The van der Waals surface area contributed by atoms with Crippen LogP contribution in [0, 0.1) is 19.3 Å². The summed E-state index contributed by atoms with van der Waals surface area (Å²) in [6.45, 7) is 8.02. The van der Waals surface area contributed by atoms with Crippen LogP contribution in [0.25, 0.3) is 0 Å². The molecule has 1 saturated carbocycles. The minimum Gasteiger partial charge on any atom is -0.357 e. The molecular weight excluding hydrogens is 332 g/mol. The van der Waals surface area contributed by atoms with E-state index in [2.05, 4.69) is 20.6 Å². The van der Waals surface area contributed by atoms with Crippen molar-refractivity contribution in [2.24, 2.45) is 10.4 Å². The van der Waals surface area contributed by atoms with Crippen molar-refractivity contribution in [3.63, 3.8) is 0 Å². The summed E-state index contributed by atoms with van der Waals surface area (Å²) in [5.74, 6) is 0.984. The van der Waals surface area contributed by atoms with Gasteiger partial charge in [0.25, 0.3) is 0 Å². The van der Waals surface area contributed by atoms with Crippen molar-refractivity contribution in [1.29, 1.82) is 0 Å². The second kappa shape index (κ2) is 7.17. The quantitative estimate of drug-likeness (QED) is 0.572. The van der Waals surface area contributed by atoms with Crippen LogP contribution >= 0.6 is 11.3 Å². The molecule has 2 N–H and O–H groups in total. The maximum atomic E-state index is 11.5. The van der Waals surface area contributed by atoms with Crippen LogP contribution in [0.2, 0.25) is 0 Å². The number of hydrogen-bond donors (Lipinski definition) is 2. The summed E-state index contributed by atoms with van der Waals surface area (Å²) in [6.07, 6.45) is 3.22. The molecule has 6 nitrogen and oxygen atoms in total. The molecule has 1 aromatic rings. The third-order valence-electron chi connectivity index (χ3n) is 3.88. The van der Waals surface area contributed by atoms with Crippen LogP contribution in [-0.2, 0) is 16.4 Å². The van der Waals surface area contributed by atoms with Crippen molar-refractivity contribution in [1.82, 2.24) is 15.6 Å². The molecule has 1 fully saturated rings. The third-order valence-corrected chi connectivity index (χ3v) is 6.08. The molecule has 0 radical (unpaired) electrons. The minimum absolute atomic E-state index is 0.110. The Morgan fingerprint density at radius 3 is 2.52 bits per heavy atom. The van der Waals surface area contributed by atoms with Crippen LogP contribution in [-0.4, -0.2) is 44.5 Å². The minimum atomic E-state index is -2.94. The fourth-order valence-electron chi connectivity index (χ4n) is 2.59. The molecule has 1 aliphatic rings. The van der Waals surface area contributed by atoms with E-state index in [1.54, 1.807) is 11.3 Å². The second-order valence-corrected chi connectivity index (χ2v) is 9.79. The number of rotatable bonds is 7. The zero-order valence-electron chi connectivity index (χ0n) is 14.3. The number of nitrogens with one attached hydrogen (secondary N) is 2. The van der Waals surface area contributed by atoms with E-state index in [-0.39, 0.29) is 11.2 Å². The Hall–Kier alpha value is -1.15. The lowest BCUT2D eigenvalue weighted by atomic mass is 10.1. The molecule has 0 aliphatic heterocycles. The van der Waals surface area contributed by atoms with Crippen LogP contribution in [0.4, 0.5) is 0 Å². The number of aryl methyl sites for hydroxylation is 2. The predicted molar refractivity (Wildman–Crippen MR) is 95.8 cm³/mol. The van der Waals surface area contributed by atoms with Gasteiger partial charge in [-0.1, -0.05) is 0 Å². The van der Waals surface area contributed by atoms with Gasteiger partial charge < -0.3 is 10.6 Å². The molecule has 1 aromatic heterocycles. The number of thiazole rings is 1. The second-order valence-electron chi connectivity index (χ2n) is 6.36. The van der Waals surface area contributed by atoms with Crippen molar-refractivity contribution < 1.29 is 8.42 Å². The van der Waals surface area contributed by atoms with Gasteiger partial charge in [-0.2, -0.15) is 0 Å². The van der Waals surface area contributed by atoms with E-state index in [1.807, 2.05) is 20.8 Å². The van der Waals surface area contributed by atoms with Crippen LogP contribution in [0.1, 0.15) is 35.3 Å². The Labute approximate surface area is 142 Å². The van der Waals surface area contributed by atoms with Gasteiger partial charge in [0.15, 0.2) is 5.96 Å². The van der Waals surface area contributed by atoms with Crippen molar-refractivity contribution in [3.05, 3.63) is 15.6 Å². The molecule has 0 bridgehead atoms. The van der Waals surface area contributed by atoms with E-state index >= 15 is 0 Å². The fourth-order valence-corrected chi connectivity index (χ4v) is 4.95. The average molecular weight is 359 g/mol. The van der Waals surface area contributed by atoms with Crippen LogP contribution in [0.3, 0.4) is 0 Å². The van der Waals surface area contributed by atoms with Crippen molar-refractivity contribution in [2.75, 3.05) is 25.1 Å². The Morgan fingerprint density at radius 2 is 2.04 bits per heavy atom. The van der Waals surface area contributed by atoms with Gasteiger partial charge in [0.05, 0.1) is 23.0 Å². The molecule has 130 valence electrons. The highest BCUT2D eigenvalue weighted by Crippen LogP contribution is 2.45. The fraction of sp³-hybridized carbons (Fsp3) is 0.733. The van der Waals surface area contributed by atoms with E-state index in [1.165, 1.54) is 6.26 Å². The van der Waals surface area contributed by atoms with Gasteiger partial charge in [-0.05, 0) is 33.6 Å². The molecule has 0 saturated heterocycles. The van der Waals surface area contributed by atoms with E-state index in [0.29, 0.717) is 13.1 Å². The summed E-state index contributed by atoms with van der Waals surface area (Å²) < 4.78 is 23.1. The Kier molecular flexibility index (Phi) is 5.67. The predicted octanol–water partition coefficient (Wildman–Crippen LogP) is 1.64. The molecule has 0 unspecified atom stereocenters. The van der Waals surface area contributed by atoms with Gasteiger partial charge in [0.1, 0.15) is 9.84 Å². The number of guanidine groups is 1. The number of aliphatic imine (C=N–C) groups is 1. The molecule has 1 aliphatic carbocycles. The molecule has 0 aromatic carbocycles. The SMILES string of the molecule is CCNC(=NCc1sc(C)nc1C)NCC1(CS(C)(=O)=O)CC1. The van der Waals surface area contributed by atoms with Crippen molar-refractivity contribution in [2.45, 2.75) is 40.2 Å². The summed E-state index contributed by atoms with van der Waals surface area (Å²) in [4.78, 5) is 10.2. The molecule has 0 atom stereocenters. The standard InChI is InChI=1S/C15H26N4O2S2/c1-5-16-14(17-8-13-11(2)19-12(3)22-13)18-9-15(6-7-15)10-23(4,20)21/h5-10H2,1-4H3,(H2,16,17,18). The maximum Gasteiger partial charge on any atom is 0.191 e. The van der Waals surface area contributed by atoms with Gasteiger partial charge in [0.2, 0.25) is 0 Å². The number of nitrogens with zero attached hydrogens (tertiary/aromatic N) is 2. The monoisotopic (exact) mass is 358 g/mol. The largest absolute Gasteiger partial charge is 0.357 e. The number of aromatic nitrogens is 1. The molecule has 23 heavy (non-hydrogen) atoms. The summed E-state index contributed by atoms with van der Waals surface area (Å²) in [5.41, 5.74) is 0.920. The van der Waals surface area contributed by atoms with Gasteiger partial charge in [-0.3, -0.25) is 0 Å². The number of sulfone groups is 1. The van der Waals surface area contributed by atoms with E-state index < -0.39 is 9.84 Å². The first-order chi connectivity index (χ1) is 10.7. The highest BCUT2D eigenvalue weighted by atomic mass is 32.2. The first-order valence-electron chi connectivity index (χ1n) is 7.86. The zero-order chi connectivity index (χ0) is 17.1. The van der Waals surface area contributed by atoms with Gasteiger partial charge >= 0.3 is 0 Å². The molecule has 0 amide bonds. The third kappa shape index (κ3) is 5.76. The van der Waals surface area contributed by atoms with Crippen LogP contribution < -0.4 is 10.6 Å². The van der Waals surface area contributed by atoms with E-state index in [9.17, 15) is 8.42 Å². The summed E-state index contributed by atoms with van der Waals surface area (Å²) in [7, 11) is -2.94. The molecule has 2 rings (SSSR count). The van der Waals surface area contributed by atoms with Gasteiger partial charge in [0, 0.05) is 29.6 Å². The smallest absolute Gasteiger partial charge is 0.191 e. The molecule has 0 spiro atoms. The maximum absolute atomic E-state index is 11.5. The average Bonchev–Trinajstić information content (AvgIpc) is 3.09. The van der Waals surface area contributed by atoms with Crippen LogP contribution in [0.15, 0.2) is 4.99 Å². The normalized spacial score (nSPS) is 17.1. The summed E-state index contributed by atoms with van der Waals surface area (Å²) >= 11 is 1.67. The highest BCUT2D eigenvalue weighted by Gasteiger charge is 2.45. The first kappa shape index (κ1) is 18.2. The topological polar surface area (TPSA) is 83.4 Å². The Morgan fingerprint density at radius 1 is 1.35 bits per heavy atom. The first-order valence-corrected chi connectivity index (χ1v) is 10.7. The van der Waals surface area contributed by atoms with Crippen molar-refractivity contribution >= 4 is 27.1 Å². The molecule has 1 heterocycles. The zero-order valence-corrected chi connectivity index (χ0v) is 15.9. The Bertz CT molecular complexity index is 676. The van der Waals surface area contributed by atoms with E-state index in [4.69, 9.17) is 0 Å². The lowest BCUT2D eigenvalue weighted by Crippen LogP contribution is -2.41. The Balaban J connectivity index is 1.96. The lowest BCUT2D eigenvalue weighted by molar-refractivity contribution is 0.529. The summed E-state index contributed by atoms with van der Waals surface area (Å²) in [5, 5.41) is 7.57. The van der Waals surface area contributed by atoms with Gasteiger partial charge in [-0.25, -0.2) is 18.4 Å². The highest BCUT2D eigenvalue weighted by molar-refractivity contribution is 7.90. The van der Waals surface area contributed by atoms with Gasteiger partial charge in [-0.15, -0.1) is 11.3 Å².